The standard InChI is InChI=1S/C28H8F12N10/c29-25(30,31)13-1-14(26(32,33)34)4-17(3-13)49-21(11(7-41)8-42)45-19-23(49)47-20-24(48-19)50(22(46-20)12(9-43)10-44)18-5-15(27(35,36)37)2-16(6-18)28(38,39)40/h1-6H,(H,45,48)(H,46,47). The largest absolute Gasteiger partial charge is 0.416 e. The van der Waals surface area contributed by atoms with Gasteiger partial charge >= 0.3 is 24.7 Å². The molecule has 50 heavy (non-hydrogen) atoms. The van der Waals surface area contributed by atoms with Crippen LogP contribution in [-0.2, 0) is 24.7 Å². The van der Waals surface area contributed by atoms with Gasteiger partial charge in [0.2, 0.25) is 0 Å². The van der Waals surface area contributed by atoms with Crippen molar-refractivity contribution in [2.24, 2.45) is 0 Å². The number of rotatable bonds is 2. The molecule has 2 aliphatic rings. The van der Waals surface area contributed by atoms with Gasteiger partial charge in [0, 0.05) is 0 Å². The second-order valence-electron chi connectivity index (χ2n) is 9.91. The SMILES string of the molecule is N#CC(C#N)=C1Nc2nc3c(nc2N1c1cc(C(F)(F)F)cc(C(F)(F)F)c1)NC(=C(C#N)C#N)N3c1cc(C(F)(F)F)cc(C(F)(F)F)c1. The molecule has 5 rings (SSSR count). The summed E-state index contributed by atoms with van der Waals surface area (Å²) in [6, 6.07) is 5.95. The smallest absolute Gasteiger partial charge is 0.321 e. The summed E-state index contributed by atoms with van der Waals surface area (Å²) in [5.74, 6) is -4.37. The summed E-state index contributed by atoms with van der Waals surface area (Å²) >= 11 is 0. The van der Waals surface area contributed by atoms with Gasteiger partial charge in [-0.3, -0.25) is 9.80 Å². The molecule has 3 aromatic rings. The first-order valence-electron chi connectivity index (χ1n) is 12.9. The number of aromatic nitrogens is 2. The van der Waals surface area contributed by atoms with Crippen molar-refractivity contribution in [1.82, 2.24) is 9.97 Å². The molecule has 2 aliphatic heterocycles. The Labute approximate surface area is 269 Å². The molecule has 2 N–H and O–H groups in total. The minimum atomic E-state index is -5.36. The van der Waals surface area contributed by atoms with Gasteiger partial charge in [0.25, 0.3) is 0 Å². The van der Waals surface area contributed by atoms with E-state index < -0.39 is 104 Å². The van der Waals surface area contributed by atoms with E-state index in [4.69, 9.17) is 0 Å². The van der Waals surface area contributed by atoms with Crippen LogP contribution in [0.25, 0.3) is 0 Å². The van der Waals surface area contributed by atoms with Crippen LogP contribution in [0.15, 0.2) is 59.2 Å². The number of nitriles is 4. The first-order valence-corrected chi connectivity index (χ1v) is 12.9. The Morgan fingerprint density at radius 1 is 0.480 bits per heavy atom. The van der Waals surface area contributed by atoms with Gasteiger partial charge in [-0.25, -0.2) is 9.97 Å². The third-order valence-electron chi connectivity index (χ3n) is 6.79. The molecular formula is C28H8F12N10. The molecule has 22 heteroatoms. The van der Waals surface area contributed by atoms with Crippen LogP contribution >= 0.6 is 0 Å². The number of hydrogen-bond donors (Lipinski definition) is 2. The predicted octanol–water partition coefficient (Wildman–Crippen LogP) is 8.20. The van der Waals surface area contributed by atoms with Crippen LogP contribution in [0, 0.1) is 45.3 Å². The zero-order chi connectivity index (χ0) is 37.1. The number of allylic oxidation sites excluding steroid dienone is 2. The normalized spacial score (nSPS) is 14.1. The number of alkyl halides is 12. The Morgan fingerprint density at radius 2 is 0.740 bits per heavy atom. The Hall–Kier alpha value is -6.68. The van der Waals surface area contributed by atoms with Crippen LogP contribution in [-0.4, -0.2) is 9.97 Å². The first kappa shape index (κ1) is 34.6. The summed E-state index contributed by atoms with van der Waals surface area (Å²) in [6.07, 6.45) is -21.4. The van der Waals surface area contributed by atoms with E-state index in [9.17, 15) is 73.7 Å². The lowest BCUT2D eigenvalue weighted by molar-refractivity contribution is -0.144. The number of anilines is 6. The predicted molar refractivity (Wildman–Crippen MR) is 143 cm³/mol. The number of benzene rings is 2. The molecule has 0 spiro atoms. The Morgan fingerprint density at radius 3 is 0.960 bits per heavy atom. The second-order valence-corrected chi connectivity index (χ2v) is 9.91. The van der Waals surface area contributed by atoms with E-state index in [0.29, 0.717) is 9.80 Å². The maximum absolute atomic E-state index is 13.7. The van der Waals surface area contributed by atoms with Gasteiger partial charge in [-0.1, -0.05) is 0 Å². The molecule has 2 aromatic carbocycles. The lowest BCUT2D eigenvalue weighted by atomic mass is 10.1. The van der Waals surface area contributed by atoms with E-state index >= 15 is 0 Å². The average Bonchev–Trinajstić information content (AvgIpc) is 3.56. The molecule has 0 bridgehead atoms. The molecule has 0 saturated heterocycles. The van der Waals surface area contributed by atoms with Crippen LogP contribution < -0.4 is 20.4 Å². The summed E-state index contributed by atoms with van der Waals surface area (Å²) < 4.78 is 165. The van der Waals surface area contributed by atoms with Gasteiger partial charge in [-0.2, -0.15) is 73.7 Å². The minimum absolute atomic E-state index is 0.211. The van der Waals surface area contributed by atoms with Crippen LogP contribution in [0.2, 0.25) is 0 Å². The van der Waals surface area contributed by atoms with Crippen molar-refractivity contribution >= 4 is 34.6 Å². The third kappa shape index (κ3) is 6.06. The zero-order valence-electron chi connectivity index (χ0n) is 23.6. The molecule has 0 unspecified atom stereocenters. The van der Waals surface area contributed by atoms with Crippen molar-refractivity contribution < 1.29 is 52.7 Å². The number of halogens is 12. The van der Waals surface area contributed by atoms with Crippen molar-refractivity contribution in [1.29, 1.82) is 21.0 Å². The number of nitrogens with one attached hydrogen (secondary N) is 2. The Kier molecular flexibility index (Phi) is 7.96. The fraction of sp³-hybridized carbons (Fsp3) is 0.143. The van der Waals surface area contributed by atoms with E-state index in [1.165, 1.54) is 24.3 Å². The van der Waals surface area contributed by atoms with Crippen molar-refractivity contribution in [3.8, 4) is 24.3 Å². The molecule has 254 valence electrons. The average molecular weight is 712 g/mol. The Bertz CT molecular complexity index is 1930. The Balaban J connectivity index is 1.83. The van der Waals surface area contributed by atoms with Crippen molar-refractivity contribution in [2.75, 3.05) is 20.4 Å². The summed E-state index contributed by atoms with van der Waals surface area (Å²) in [7, 11) is 0. The molecule has 0 saturated carbocycles. The highest BCUT2D eigenvalue weighted by Crippen LogP contribution is 2.50. The highest BCUT2D eigenvalue weighted by atomic mass is 19.4. The van der Waals surface area contributed by atoms with E-state index in [1.807, 2.05) is 0 Å². The molecule has 0 radical (unpaired) electrons. The first-order chi connectivity index (χ1) is 23.1. The summed E-state index contributed by atoms with van der Waals surface area (Å²) in [5.41, 5.74) is -11.1. The van der Waals surface area contributed by atoms with Crippen molar-refractivity contribution in [3.05, 3.63) is 81.4 Å². The lowest BCUT2D eigenvalue weighted by Gasteiger charge is -2.23. The monoisotopic (exact) mass is 712 g/mol. The van der Waals surface area contributed by atoms with E-state index in [-0.39, 0.29) is 36.4 Å². The zero-order valence-corrected chi connectivity index (χ0v) is 23.6. The van der Waals surface area contributed by atoms with Gasteiger partial charge in [-0.15, -0.1) is 0 Å². The van der Waals surface area contributed by atoms with Crippen LogP contribution in [0.1, 0.15) is 22.3 Å². The van der Waals surface area contributed by atoms with Gasteiger partial charge in [0.1, 0.15) is 35.9 Å². The summed E-state index contributed by atoms with van der Waals surface area (Å²) in [4.78, 5) is 8.99. The number of fused-ring (bicyclic) bond motifs is 2. The van der Waals surface area contributed by atoms with Gasteiger partial charge < -0.3 is 10.6 Å². The number of nitrogens with zero attached hydrogens (tertiary/aromatic N) is 8. The molecule has 0 atom stereocenters. The molecule has 3 heterocycles. The highest BCUT2D eigenvalue weighted by Gasteiger charge is 2.43. The molecule has 0 aliphatic carbocycles. The maximum Gasteiger partial charge on any atom is 0.416 e. The van der Waals surface area contributed by atoms with Crippen molar-refractivity contribution in [3.63, 3.8) is 0 Å². The van der Waals surface area contributed by atoms with E-state index in [2.05, 4.69) is 20.6 Å². The molecule has 0 amide bonds. The van der Waals surface area contributed by atoms with E-state index in [0.717, 1.165) is 0 Å². The topological polar surface area (TPSA) is 151 Å². The van der Waals surface area contributed by atoms with E-state index in [1.54, 1.807) is 0 Å². The quantitative estimate of drug-likeness (QED) is 0.197. The molecule has 10 nitrogen and oxygen atoms in total. The van der Waals surface area contributed by atoms with Crippen LogP contribution in [0.3, 0.4) is 0 Å². The number of hydrogen-bond acceptors (Lipinski definition) is 10. The highest BCUT2D eigenvalue weighted by molar-refractivity contribution is 5.92. The molecule has 1 aromatic heterocycles. The van der Waals surface area contributed by atoms with Gasteiger partial charge in [-0.05, 0) is 36.4 Å². The van der Waals surface area contributed by atoms with Crippen molar-refractivity contribution in [2.45, 2.75) is 24.7 Å². The lowest BCUT2D eigenvalue weighted by Crippen LogP contribution is -2.20. The summed E-state index contributed by atoms with van der Waals surface area (Å²) in [5, 5.41) is 42.7. The van der Waals surface area contributed by atoms with Crippen LogP contribution in [0.5, 0.6) is 0 Å². The summed E-state index contributed by atoms with van der Waals surface area (Å²) in [6.45, 7) is 0. The fourth-order valence-corrected chi connectivity index (χ4v) is 4.69. The third-order valence-corrected chi connectivity index (χ3v) is 6.79. The fourth-order valence-electron chi connectivity index (χ4n) is 4.69. The second kappa shape index (κ2) is 11.5. The van der Waals surface area contributed by atoms with Crippen LogP contribution in [0.4, 0.5) is 87.3 Å². The molecular weight excluding hydrogens is 704 g/mol. The van der Waals surface area contributed by atoms with Gasteiger partial charge in [0.05, 0.1) is 33.6 Å². The minimum Gasteiger partial charge on any atom is -0.321 e. The van der Waals surface area contributed by atoms with Gasteiger partial charge in [0.15, 0.2) is 34.4 Å². The molecule has 0 fully saturated rings. The maximum atomic E-state index is 13.7.